The summed E-state index contributed by atoms with van der Waals surface area (Å²) in [5, 5.41) is 0. The van der Waals surface area contributed by atoms with Crippen LogP contribution in [0, 0.1) is 5.92 Å². The van der Waals surface area contributed by atoms with E-state index in [9.17, 15) is 4.79 Å². The van der Waals surface area contributed by atoms with Crippen molar-refractivity contribution in [3.05, 3.63) is 17.1 Å². The van der Waals surface area contributed by atoms with Gasteiger partial charge in [0.2, 0.25) is 0 Å². The van der Waals surface area contributed by atoms with Gasteiger partial charge < -0.3 is 14.2 Å². The quantitative estimate of drug-likeness (QED) is 0.827. The van der Waals surface area contributed by atoms with Crippen molar-refractivity contribution in [2.24, 2.45) is 5.92 Å². The number of ether oxygens (including phenoxy) is 1. The van der Waals surface area contributed by atoms with Crippen molar-refractivity contribution in [3.63, 3.8) is 0 Å². The molecule has 1 aromatic rings. The summed E-state index contributed by atoms with van der Waals surface area (Å²) in [6, 6.07) is 0. The third-order valence-electron chi connectivity index (χ3n) is 3.39. The van der Waals surface area contributed by atoms with Gasteiger partial charge in [-0.2, -0.15) is 0 Å². The number of amides is 1. The molecule has 0 aromatic carbocycles. The van der Waals surface area contributed by atoms with Gasteiger partial charge in [-0.1, -0.05) is 0 Å². The first-order chi connectivity index (χ1) is 9.35. The van der Waals surface area contributed by atoms with Gasteiger partial charge in [-0.25, -0.2) is 9.78 Å². The van der Waals surface area contributed by atoms with E-state index in [-0.39, 0.29) is 6.09 Å². The average molecular weight is 344 g/mol. The van der Waals surface area contributed by atoms with Crippen molar-refractivity contribution in [3.8, 4) is 0 Å². The number of piperidine rings is 1. The van der Waals surface area contributed by atoms with Crippen molar-refractivity contribution in [1.29, 1.82) is 0 Å². The molecule has 0 atom stereocenters. The van der Waals surface area contributed by atoms with Crippen LogP contribution in [0.25, 0.3) is 0 Å². The average Bonchev–Trinajstić information content (AvgIpc) is 2.74. The van der Waals surface area contributed by atoms with Gasteiger partial charge in [-0.15, -0.1) is 0 Å². The van der Waals surface area contributed by atoms with Crippen LogP contribution < -0.4 is 0 Å². The number of hydrogen-bond acceptors (Lipinski definition) is 3. The zero-order valence-electron chi connectivity index (χ0n) is 12.3. The molecule has 1 fully saturated rings. The lowest BCUT2D eigenvalue weighted by molar-refractivity contribution is 0.0178. The van der Waals surface area contributed by atoms with Crippen LogP contribution in [0.1, 0.15) is 33.6 Å². The Balaban J connectivity index is 1.81. The van der Waals surface area contributed by atoms with Gasteiger partial charge in [0.1, 0.15) is 5.60 Å². The third-order valence-corrected chi connectivity index (χ3v) is 4.05. The molecule has 0 saturated carbocycles. The number of imidazole rings is 1. The van der Waals surface area contributed by atoms with Crippen LogP contribution in [0.3, 0.4) is 0 Å². The zero-order valence-corrected chi connectivity index (χ0v) is 13.9. The lowest BCUT2D eigenvalue weighted by atomic mass is 9.97. The molecule has 1 saturated heterocycles. The van der Waals surface area contributed by atoms with E-state index in [0.29, 0.717) is 5.92 Å². The number of carbonyl (C=O) groups excluding carboxylic acids is 1. The molecule has 0 spiro atoms. The van der Waals surface area contributed by atoms with Crippen LogP contribution in [0.2, 0.25) is 0 Å². The molecule has 1 aliphatic heterocycles. The molecule has 1 aliphatic rings. The number of aromatic nitrogens is 2. The highest BCUT2D eigenvalue weighted by Gasteiger charge is 2.27. The maximum Gasteiger partial charge on any atom is 0.410 e. The predicted octanol–water partition coefficient (Wildman–Crippen LogP) is 3.29. The van der Waals surface area contributed by atoms with Crippen LogP contribution in [-0.4, -0.2) is 39.2 Å². The predicted molar refractivity (Wildman–Crippen MR) is 80.5 cm³/mol. The van der Waals surface area contributed by atoms with Crippen molar-refractivity contribution in [2.45, 2.75) is 45.8 Å². The molecule has 2 rings (SSSR count). The SMILES string of the molecule is CC(C)(C)OC(=O)N1CCC(Cn2ccnc2Br)CC1. The van der Waals surface area contributed by atoms with E-state index in [1.165, 1.54) is 0 Å². The Morgan fingerprint density at radius 3 is 2.60 bits per heavy atom. The van der Waals surface area contributed by atoms with E-state index >= 15 is 0 Å². The van der Waals surface area contributed by atoms with Crippen LogP contribution in [-0.2, 0) is 11.3 Å². The van der Waals surface area contributed by atoms with Gasteiger partial charge in [-0.05, 0) is 55.5 Å². The van der Waals surface area contributed by atoms with Crippen molar-refractivity contribution >= 4 is 22.0 Å². The van der Waals surface area contributed by atoms with Gasteiger partial charge in [-0.3, -0.25) is 0 Å². The number of hydrogen-bond donors (Lipinski definition) is 0. The fraction of sp³-hybridized carbons (Fsp3) is 0.714. The van der Waals surface area contributed by atoms with Gasteiger partial charge in [0, 0.05) is 32.0 Å². The van der Waals surface area contributed by atoms with Crippen molar-refractivity contribution in [2.75, 3.05) is 13.1 Å². The molecular formula is C14H22BrN3O2. The van der Waals surface area contributed by atoms with Gasteiger partial charge >= 0.3 is 6.09 Å². The second kappa shape index (κ2) is 6.16. The summed E-state index contributed by atoms with van der Waals surface area (Å²) in [7, 11) is 0. The van der Waals surface area contributed by atoms with E-state index in [1.54, 1.807) is 6.20 Å². The molecule has 1 amide bonds. The van der Waals surface area contributed by atoms with Gasteiger partial charge in [0.05, 0.1) is 0 Å². The molecule has 0 aliphatic carbocycles. The Labute approximate surface area is 128 Å². The van der Waals surface area contributed by atoms with Gasteiger partial charge in [0.25, 0.3) is 0 Å². The molecule has 2 heterocycles. The second-order valence-electron chi connectivity index (χ2n) is 6.26. The summed E-state index contributed by atoms with van der Waals surface area (Å²) in [6.45, 7) is 8.18. The van der Waals surface area contributed by atoms with Crippen LogP contribution in [0.15, 0.2) is 17.1 Å². The third kappa shape index (κ3) is 4.23. The van der Waals surface area contributed by atoms with E-state index in [2.05, 4.69) is 25.5 Å². The summed E-state index contributed by atoms with van der Waals surface area (Å²) >= 11 is 3.43. The molecular weight excluding hydrogens is 322 g/mol. The lowest BCUT2D eigenvalue weighted by Crippen LogP contribution is -2.42. The van der Waals surface area contributed by atoms with Crippen LogP contribution in [0.5, 0.6) is 0 Å². The molecule has 0 radical (unpaired) electrons. The van der Waals surface area contributed by atoms with E-state index in [1.807, 2.05) is 31.9 Å². The van der Waals surface area contributed by atoms with Crippen molar-refractivity contribution in [1.82, 2.24) is 14.5 Å². The maximum atomic E-state index is 12.0. The van der Waals surface area contributed by atoms with E-state index < -0.39 is 5.60 Å². The second-order valence-corrected chi connectivity index (χ2v) is 6.97. The van der Waals surface area contributed by atoms with E-state index in [0.717, 1.165) is 37.2 Å². The minimum atomic E-state index is -0.421. The number of halogens is 1. The molecule has 6 heteroatoms. The fourth-order valence-electron chi connectivity index (χ4n) is 2.35. The molecule has 5 nitrogen and oxygen atoms in total. The number of nitrogens with zero attached hydrogens (tertiary/aromatic N) is 3. The summed E-state index contributed by atoms with van der Waals surface area (Å²) in [4.78, 5) is 17.9. The topological polar surface area (TPSA) is 47.4 Å². The normalized spacial score (nSPS) is 17.3. The van der Waals surface area contributed by atoms with Crippen molar-refractivity contribution < 1.29 is 9.53 Å². The fourth-order valence-corrected chi connectivity index (χ4v) is 2.73. The molecule has 0 bridgehead atoms. The molecule has 1 aromatic heterocycles. The molecule has 0 N–H and O–H groups in total. The Hall–Kier alpha value is -1.04. The summed E-state index contributed by atoms with van der Waals surface area (Å²) in [6.07, 6.45) is 5.58. The number of carbonyl (C=O) groups is 1. The largest absolute Gasteiger partial charge is 0.444 e. The highest BCUT2D eigenvalue weighted by atomic mass is 79.9. The van der Waals surface area contributed by atoms with Crippen LogP contribution in [0.4, 0.5) is 4.79 Å². The molecule has 0 unspecified atom stereocenters. The monoisotopic (exact) mass is 343 g/mol. The smallest absolute Gasteiger partial charge is 0.410 e. The molecule has 20 heavy (non-hydrogen) atoms. The first-order valence-electron chi connectivity index (χ1n) is 7.00. The Morgan fingerprint density at radius 1 is 1.45 bits per heavy atom. The lowest BCUT2D eigenvalue weighted by Gasteiger charge is -2.33. The van der Waals surface area contributed by atoms with Gasteiger partial charge in [0.15, 0.2) is 4.73 Å². The Bertz CT molecular complexity index is 459. The summed E-state index contributed by atoms with van der Waals surface area (Å²) in [5.41, 5.74) is -0.421. The Kier molecular flexibility index (Phi) is 4.73. The first kappa shape index (κ1) is 15.4. The Morgan fingerprint density at radius 2 is 2.10 bits per heavy atom. The first-order valence-corrected chi connectivity index (χ1v) is 7.79. The van der Waals surface area contributed by atoms with Crippen LogP contribution >= 0.6 is 15.9 Å². The maximum absolute atomic E-state index is 12.0. The highest BCUT2D eigenvalue weighted by molar-refractivity contribution is 9.10. The summed E-state index contributed by atoms with van der Waals surface area (Å²) < 4.78 is 8.37. The molecule has 112 valence electrons. The number of rotatable bonds is 2. The highest BCUT2D eigenvalue weighted by Crippen LogP contribution is 2.22. The minimum Gasteiger partial charge on any atom is -0.444 e. The zero-order chi connectivity index (χ0) is 14.8. The standard InChI is InChI=1S/C14H22BrN3O2/c1-14(2,3)20-13(19)17-7-4-11(5-8-17)10-18-9-6-16-12(18)15/h6,9,11H,4-5,7-8,10H2,1-3H3. The number of likely N-dealkylation sites (tertiary alicyclic amines) is 1. The minimum absolute atomic E-state index is 0.195. The van der Waals surface area contributed by atoms with E-state index in [4.69, 9.17) is 4.74 Å². The summed E-state index contributed by atoms with van der Waals surface area (Å²) in [5.74, 6) is 0.583.